The molecule has 0 saturated carbocycles. The first-order chi connectivity index (χ1) is 9.70. The highest BCUT2D eigenvalue weighted by molar-refractivity contribution is 6.21. The molecule has 0 aliphatic carbocycles. The number of halogens is 1. The molecule has 2 unspecified atom stereocenters. The van der Waals surface area contributed by atoms with Gasteiger partial charge in [-0.15, -0.1) is 11.6 Å². The minimum atomic E-state index is -0.0942. The number of rotatable bonds is 3. The van der Waals surface area contributed by atoms with E-state index in [-0.39, 0.29) is 11.3 Å². The monoisotopic (exact) mass is 288 g/mol. The van der Waals surface area contributed by atoms with Gasteiger partial charge < -0.3 is 9.47 Å². The van der Waals surface area contributed by atoms with Gasteiger partial charge in [-0.05, 0) is 30.2 Å². The predicted octanol–water partition coefficient (Wildman–Crippen LogP) is 4.46. The van der Waals surface area contributed by atoms with Crippen LogP contribution in [0.4, 0.5) is 0 Å². The number of fused-ring (bicyclic) bond motifs is 1. The van der Waals surface area contributed by atoms with Gasteiger partial charge in [-0.2, -0.15) is 0 Å². The molecule has 0 bridgehead atoms. The van der Waals surface area contributed by atoms with E-state index < -0.39 is 0 Å². The van der Waals surface area contributed by atoms with Crippen molar-refractivity contribution < 1.29 is 9.47 Å². The van der Waals surface area contributed by atoms with Crippen molar-refractivity contribution in [2.24, 2.45) is 0 Å². The lowest BCUT2D eigenvalue weighted by atomic mass is 9.92. The minimum Gasteiger partial charge on any atom is -0.496 e. The van der Waals surface area contributed by atoms with Crippen LogP contribution in [0.25, 0.3) is 0 Å². The van der Waals surface area contributed by atoms with Crippen LogP contribution in [-0.4, -0.2) is 13.7 Å². The average molecular weight is 289 g/mol. The first kappa shape index (κ1) is 13.3. The molecule has 3 heteroatoms. The van der Waals surface area contributed by atoms with E-state index in [1.165, 1.54) is 5.56 Å². The van der Waals surface area contributed by atoms with Crippen LogP contribution in [0.15, 0.2) is 42.5 Å². The van der Waals surface area contributed by atoms with Crippen LogP contribution >= 0.6 is 11.6 Å². The summed E-state index contributed by atoms with van der Waals surface area (Å²) >= 11 is 6.69. The van der Waals surface area contributed by atoms with Crippen molar-refractivity contribution in [2.45, 2.75) is 18.2 Å². The van der Waals surface area contributed by atoms with Gasteiger partial charge in [0.15, 0.2) is 0 Å². The Morgan fingerprint density at radius 1 is 1.25 bits per heavy atom. The zero-order valence-electron chi connectivity index (χ0n) is 11.6. The van der Waals surface area contributed by atoms with Gasteiger partial charge in [0.2, 0.25) is 0 Å². The zero-order chi connectivity index (χ0) is 14.1. The van der Waals surface area contributed by atoms with Crippen molar-refractivity contribution in [2.75, 3.05) is 13.7 Å². The largest absolute Gasteiger partial charge is 0.496 e. The van der Waals surface area contributed by atoms with E-state index in [0.29, 0.717) is 6.61 Å². The fourth-order valence-corrected chi connectivity index (χ4v) is 3.08. The molecule has 1 aliphatic heterocycles. The van der Waals surface area contributed by atoms with Gasteiger partial charge in [-0.25, -0.2) is 0 Å². The third-order valence-corrected chi connectivity index (χ3v) is 4.38. The maximum atomic E-state index is 6.69. The van der Waals surface area contributed by atoms with E-state index in [9.17, 15) is 0 Å². The summed E-state index contributed by atoms with van der Waals surface area (Å²) in [6.07, 6.45) is 0. The van der Waals surface area contributed by atoms with Gasteiger partial charge in [-0.1, -0.05) is 30.3 Å². The van der Waals surface area contributed by atoms with Gasteiger partial charge in [0, 0.05) is 11.5 Å². The standard InChI is InChI=1S/C17H17ClO2/c1-11-9-12(7-8-15(11)19-2)17(18)14-10-20-16-6-4-3-5-13(14)16/h3-9,14,17H,10H2,1-2H3. The van der Waals surface area contributed by atoms with E-state index in [1.54, 1.807) is 7.11 Å². The molecule has 104 valence electrons. The third kappa shape index (κ3) is 2.25. The molecule has 2 aromatic rings. The number of benzene rings is 2. The molecule has 1 aliphatic rings. The third-order valence-electron chi connectivity index (χ3n) is 3.83. The Bertz CT molecular complexity index is 624. The highest BCUT2D eigenvalue weighted by Gasteiger charge is 2.31. The number of alkyl halides is 1. The molecule has 0 amide bonds. The molecule has 0 aromatic heterocycles. The minimum absolute atomic E-state index is 0.0942. The number of para-hydroxylation sites is 1. The fraction of sp³-hybridized carbons (Fsp3) is 0.294. The van der Waals surface area contributed by atoms with Crippen LogP contribution < -0.4 is 9.47 Å². The Morgan fingerprint density at radius 3 is 2.80 bits per heavy atom. The fourth-order valence-electron chi connectivity index (χ4n) is 2.74. The van der Waals surface area contributed by atoms with E-state index >= 15 is 0 Å². The lowest BCUT2D eigenvalue weighted by molar-refractivity contribution is 0.328. The summed E-state index contributed by atoms with van der Waals surface area (Å²) in [6.45, 7) is 2.67. The molecular formula is C17H17ClO2. The summed E-state index contributed by atoms with van der Waals surface area (Å²) in [5.41, 5.74) is 3.40. The molecule has 0 radical (unpaired) electrons. The van der Waals surface area contributed by atoms with Crippen molar-refractivity contribution in [3.63, 3.8) is 0 Å². The summed E-state index contributed by atoms with van der Waals surface area (Å²) in [5.74, 6) is 2.04. The number of hydrogen-bond acceptors (Lipinski definition) is 2. The normalized spacial score (nSPS) is 18.2. The molecule has 0 fully saturated rings. The van der Waals surface area contributed by atoms with Gasteiger partial charge in [0.25, 0.3) is 0 Å². The molecule has 0 saturated heterocycles. The van der Waals surface area contributed by atoms with Gasteiger partial charge >= 0.3 is 0 Å². The lowest BCUT2D eigenvalue weighted by Crippen LogP contribution is -2.08. The second kappa shape index (κ2) is 5.37. The maximum Gasteiger partial charge on any atom is 0.122 e. The highest BCUT2D eigenvalue weighted by Crippen LogP contribution is 2.44. The zero-order valence-corrected chi connectivity index (χ0v) is 12.4. The van der Waals surface area contributed by atoms with Gasteiger partial charge in [0.05, 0.1) is 19.1 Å². The molecule has 20 heavy (non-hydrogen) atoms. The van der Waals surface area contributed by atoms with Crippen molar-refractivity contribution in [1.29, 1.82) is 0 Å². The quantitative estimate of drug-likeness (QED) is 0.776. The van der Waals surface area contributed by atoms with Crippen LogP contribution in [-0.2, 0) is 0 Å². The molecule has 2 aromatic carbocycles. The van der Waals surface area contributed by atoms with Crippen molar-refractivity contribution in [3.8, 4) is 11.5 Å². The Hall–Kier alpha value is -1.67. The molecular weight excluding hydrogens is 272 g/mol. The molecule has 2 nitrogen and oxygen atoms in total. The van der Waals surface area contributed by atoms with Crippen molar-refractivity contribution in [1.82, 2.24) is 0 Å². The highest BCUT2D eigenvalue weighted by atomic mass is 35.5. The SMILES string of the molecule is COc1ccc(C(Cl)C2COc3ccccc32)cc1C. The van der Waals surface area contributed by atoms with E-state index in [1.807, 2.05) is 37.3 Å². The topological polar surface area (TPSA) is 18.5 Å². The maximum absolute atomic E-state index is 6.69. The van der Waals surface area contributed by atoms with Gasteiger partial charge in [-0.3, -0.25) is 0 Å². The first-order valence-electron chi connectivity index (χ1n) is 6.71. The second-order valence-electron chi connectivity index (χ2n) is 5.09. The summed E-state index contributed by atoms with van der Waals surface area (Å²) in [5, 5.41) is -0.0942. The van der Waals surface area contributed by atoms with Crippen molar-refractivity contribution in [3.05, 3.63) is 59.2 Å². The summed E-state index contributed by atoms with van der Waals surface area (Å²) in [7, 11) is 1.68. The molecule has 0 N–H and O–H groups in total. The Kier molecular flexibility index (Phi) is 3.58. The van der Waals surface area contributed by atoms with Crippen LogP contribution in [0, 0.1) is 6.92 Å². The second-order valence-corrected chi connectivity index (χ2v) is 5.56. The Labute approximate surface area is 124 Å². The van der Waals surface area contributed by atoms with Crippen molar-refractivity contribution >= 4 is 11.6 Å². The number of ether oxygens (including phenoxy) is 2. The van der Waals surface area contributed by atoms with Crippen LogP contribution in [0.3, 0.4) is 0 Å². The molecule has 2 atom stereocenters. The Balaban J connectivity index is 1.90. The Morgan fingerprint density at radius 2 is 2.05 bits per heavy atom. The number of aryl methyl sites for hydroxylation is 1. The van der Waals surface area contributed by atoms with Crippen LogP contribution in [0.5, 0.6) is 11.5 Å². The average Bonchev–Trinajstić information content (AvgIpc) is 2.90. The van der Waals surface area contributed by atoms with E-state index in [4.69, 9.17) is 21.1 Å². The number of methoxy groups -OCH3 is 1. The lowest BCUT2D eigenvalue weighted by Gasteiger charge is -2.18. The molecule has 1 heterocycles. The van der Waals surface area contributed by atoms with Crippen LogP contribution in [0.2, 0.25) is 0 Å². The summed E-state index contributed by atoms with van der Waals surface area (Å²) < 4.78 is 11.0. The van der Waals surface area contributed by atoms with Crippen LogP contribution in [0.1, 0.15) is 28.0 Å². The van der Waals surface area contributed by atoms with E-state index in [0.717, 1.165) is 22.6 Å². The smallest absolute Gasteiger partial charge is 0.122 e. The van der Waals surface area contributed by atoms with E-state index in [2.05, 4.69) is 12.1 Å². The molecule has 3 rings (SSSR count). The summed E-state index contributed by atoms with van der Waals surface area (Å²) in [6, 6.07) is 14.2. The predicted molar refractivity (Wildman–Crippen MR) is 81.0 cm³/mol. The molecule has 0 spiro atoms. The number of hydrogen-bond donors (Lipinski definition) is 0. The summed E-state index contributed by atoms with van der Waals surface area (Å²) in [4.78, 5) is 0. The first-order valence-corrected chi connectivity index (χ1v) is 7.14. The van der Waals surface area contributed by atoms with Gasteiger partial charge in [0.1, 0.15) is 11.5 Å².